The first kappa shape index (κ1) is 13.4. The molecule has 1 aromatic heterocycles. The van der Waals surface area contributed by atoms with Crippen molar-refractivity contribution >= 4 is 17.4 Å². The van der Waals surface area contributed by atoms with Gasteiger partial charge in [-0.1, -0.05) is 0 Å². The molecule has 1 aromatic rings. The van der Waals surface area contributed by atoms with Crippen molar-refractivity contribution in [3.05, 3.63) is 31.0 Å². The normalized spacial score (nSPS) is 9.94. The summed E-state index contributed by atoms with van der Waals surface area (Å²) in [6, 6.07) is 0. The Morgan fingerprint density at radius 3 is 2.28 bits per heavy atom. The SMILES string of the molecule is CC(=O)NNc1c([N+](=O)[O-])c(=O)n(C)c(=O)n1C. The van der Waals surface area contributed by atoms with Crippen LogP contribution in [-0.4, -0.2) is 20.0 Å². The number of hydrazine groups is 1. The standard InChI is InChI=1S/C8H11N5O5/c1-4(14)9-10-6-5(13(17)18)7(15)12(3)8(16)11(6)2/h10H,1-3H3,(H,9,14). The molecule has 2 N–H and O–H groups in total. The first-order valence-corrected chi connectivity index (χ1v) is 4.74. The molecule has 0 atom stereocenters. The van der Waals surface area contributed by atoms with Crippen LogP contribution in [0, 0.1) is 10.1 Å². The Bertz CT molecular complexity index is 628. The monoisotopic (exact) mass is 257 g/mol. The molecule has 0 bridgehead atoms. The Morgan fingerprint density at radius 2 is 1.83 bits per heavy atom. The molecule has 0 radical (unpaired) electrons. The molecule has 1 amide bonds. The van der Waals surface area contributed by atoms with Crippen LogP contribution in [0.5, 0.6) is 0 Å². The smallest absolute Gasteiger partial charge is 0.277 e. The minimum atomic E-state index is -1.06. The van der Waals surface area contributed by atoms with Gasteiger partial charge in [0.05, 0.1) is 4.92 Å². The number of aromatic nitrogens is 2. The van der Waals surface area contributed by atoms with Gasteiger partial charge < -0.3 is 0 Å². The number of rotatable bonds is 3. The number of hydrogen-bond acceptors (Lipinski definition) is 6. The van der Waals surface area contributed by atoms with Crippen LogP contribution in [0.15, 0.2) is 9.59 Å². The van der Waals surface area contributed by atoms with Gasteiger partial charge in [-0.2, -0.15) is 0 Å². The summed E-state index contributed by atoms with van der Waals surface area (Å²) < 4.78 is 1.46. The highest BCUT2D eigenvalue weighted by atomic mass is 16.6. The fraction of sp³-hybridized carbons (Fsp3) is 0.375. The highest BCUT2D eigenvalue weighted by Crippen LogP contribution is 2.15. The molecule has 1 heterocycles. The van der Waals surface area contributed by atoms with Crippen LogP contribution in [0.2, 0.25) is 0 Å². The summed E-state index contributed by atoms with van der Waals surface area (Å²) in [7, 11) is 2.36. The molecular formula is C8H11N5O5. The van der Waals surface area contributed by atoms with E-state index >= 15 is 0 Å². The van der Waals surface area contributed by atoms with E-state index in [1.165, 1.54) is 7.05 Å². The molecule has 0 aliphatic rings. The first-order chi connectivity index (χ1) is 8.27. The fourth-order valence-electron chi connectivity index (χ4n) is 1.28. The third kappa shape index (κ3) is 2.21. The summed E-state index contributed by atoms with van der Waals surface area (Å²) in [5.41, 5.74) is 1.61. The molecule has 10 heteroatoms. The van der Waals surface area contributed by atoms with Crippen LogP contribution in [0.3, 0.4) is 0 Å². The Kier molecular flexibility index (Phi) is 3.50. The van der Waals surface area contributed by atoms with Crippen molar-refractivity contribution in [3.8, 4) is 0 Å². The molecule has 0 fully saturated rings. The molecule has 0 aromatic carbocycles. The zero-order valence-electron chi connectivity index (χ0n) is 9.88. The molecule has 0 saturated carbocycles. The van der Waals surface area contributed by atoms with Gasteiger partial charge in [-0.3, -0.25) is 39.7 Å². The first-order valence-electron chi connectivity index (χ1n) is 4.74. The largest absolute Gasteiger partial charge is 0.376 e. The number of nitrogens with zero attached hydrogens (tertiary/aromatic N) is 3. The van der Waals surface area contributed by atoms with Gasteiger partial charge in [0, 0.05) is 21.0 Å². The van der Waals surface area contributed by atoms with Gasteiger partial charge in [-0.05, 0) is 0 Å². The number of nitro groups is 1. The molecule has 0 unspecified atom stereocenters. The van der Waals surface area contributed by atoms with E-state index in [9.17, 15) is 24.5 Å². The van der Waals surface area contributed by atoms with Crippen LogP contribution in [0.25, 0.3) is 0 Å². The number of anilines is 1. The van der Waals surface area contributed by atoms with Crippen molar-refractivity contribution in [3.63, 3.8) is 0 Å². The van der Waals surface area contributed by atoms with E-state index in [-0.39, 0.29) is 5.82 Å². The lowest BCUT2D eigenvalue weighted by molar-refractivity contribution is -0.386. The molecule has 0 spiro atoms. The van der Waals surface area contributed by atoms with Crippen molar-refractivity contribution in [1.82, 2.24) is 14.6 Å². The van der Waals surface area contributed by atoms with Crippen molar-refractivity contribution in [2.45, 2.75) is 6.92 Å². The second-order valence-corrected chi connectivity index (χ2v) is 3.47. The van der Waals surface area contributed by atoms with Crippen molar-refractivity contribution < 1.29 is 9.72 Å². The van der Waals surface area contributed by atoms with Crippen molar-refractivity contribution in [1.29, 1.82) is 0 Å². The van der Waals surface area contributed by atoms with Crippen LogP contribution in [-0.2, 0) is 18.9 Å². The third-order valence-corrected chi connectivity index (χ3v) is 2.18. The minimum Gasteiger partial charge on any atom is -0.277 e. The molecular weight excluding hydrogens is 246 g/mol. The van der Waals surface area contributed by atoms with Gasteiger partial charge in [-0.25, -0.2) is 4.79 Å². The number of nitrogens with one attached hydrogen (secondary N) is 2. The molecule has 18 heavy (non-hydrogen) atoms. The zero-order chi connectivity index (χ0) is 14.0. The Balaban J connectivity index is 3.56. The quantitative estimate of drug-likeness (QED) is 0.498. The summed E-state index contributed by atoms with van der Waals surface area (Å²) in [5.74, 6) is -0.916. The average Bonchev–Trinajstić information content (AvgIpc) is 2.28. The average molecular weight is 257 g/mol. The van der Waals surface area contributed by atoms with Crippen LogP contribution >= 0.6 is 0 Å². The zero-order valence-corrected chi connectivity index (χ0v) is 9.88. The predicted molar refractivity (Wildman–Crippen MR) is 61.0 cm³/mol. The maximum atomic E-state index is 11.6. The molecule has 0 aliphatic carbocycles. The van der Waals surface area contributed by atoms with Crippen LogP contribution < -0.4 is 22.1 Å². The third-order valence-electron chi connectivity index (χ3n) is 2.18. The van der Waals surface area contributed by atoms with Crippen molar-refractivity contribution in [2.75, 3.05) is 5.43 Å². The number of carbonyl (C=O) groups is 1. The van der Waals surface area contributed by atoms with E-state index in [1.807, 2.05) is 0 Å². The summed E-state index contributed by atoms with van der Waals surface area (Å²) in [6.07, 6.45) is 0. The van der Waals surface area contributed by atoms with Gasteiger partial charge in [0.2, 0.25) is 11.7 Å². The lowest BCUT2D eigenvalue weighted by Gasteiger charge is -2.11. The Hall–Kier alpha value is -2.65. The van der Waals surface area contributed by atoms with E-state index in [1.54, 1.807) is 0 Å². The maximum absolute atomic E-state index is 11.6. The molecule has 10 nitrogen and oxygen atoms in total. The lowest BCUT2D eigenvalue weighted by atomic mass is 10.4. The summed E-state index contributed by atoms with van der Waals surface area (Å²) in [6.45, 7) is 1.16. The number of hydrogen-bond donors (Lipinski definition) is 2. The number of amides is 1. The topological polar surface area (TPSA) is 128 Å². The van der Waals surface area contributed by atoms with Crippen molar-refractivity contribution in [2.24, 2.45) is 14.1 Å². The summed E-state index contributed by atoms with van der Waals surface area (Å²) in [5, 5.41) is 10.8. The highest BCUT2D eigenvalue weighted by molar-refractivity contribution is 5.75. The van der Waals surface area contributed by atoms with Gasteiger partial charge in [0.15, 0.2) is 0 Å². The highest BCUT2D eigenvalue weighted by Gasteiger charge is 2.25. The van der Waals surface area contributed by atoms with Gasteiger partial charge in [0.1, 0.15) is 0 Å². The lowest BCUT2D eigenvalue weighted by Crippen LogP contribution is -2.41. The van der Waals surface area contributed by atoms with E-state index in [4.69, 9.17) is 0 Å². The predicted octanol–water partition coefficient (Wildman–Crippen LogP) is -1.54. The van der Waals surface area contributed by atoms with E-state index in [0.29, 0.717) is 4.57 Å². The van der Waals surface area contributed by atoms with Gasteiger partial charge in [0.25, 0.3) is 0 Å². The Labute approximate surface area is 100.0 Å². The van der Waals surface area contributed by atoms with E-state index in [2.05, 4.69) is 10.9 Å². The second-order valence-electron chi connectivity index (χ2n) is 3.47. The van der Waals surface area contributed by atoms with E-state index in [0.717, 1.165) is 18.5 Å². The van der Waals surface area contributed by atoms with Crippen LogP contribution in [0.4, 0.5) is 11.5 Å². The molecule has 0 saturated heterocycles. The van der Waals surface area contributed by atoms with Gasteiger partial charge in [-0.15, -0.1) is 0 Å². The molecule has 0 aliphatic heterocycles. The second kappa shape index (κ2) is 4.69. The molecule has 1 rings (SSSR count). The summed E-state index contributed by atoms with van der Waals surface area (Å²) in [4.78, 5) is 43.8. The summed E-state index contributed by atoms with van der Waals surface area (Å²) >= 11 is 0. The van der Waals surface area contributed by atoms with Gasteiger partial charge >= 0.3 is 16.9 Å². The number of carbonyl (C=O) groups excluding carboxylic acids is 1. The molecule has 98 valence electrons. The Morgan fingerprint density at radius 1 is 1.28 bits per heavy atom. The fourth-order valence-corrected chi connectivity index (χ4v) is 1.28. The maximum Gasteiger partial charge on any atom is 0.376 e. The minimum absolute atomic E-state index is 0.386. The van der Waals surface area contributed by atoms with E-state index < -0.39 is 27.8 Å². The van der Waals surface area contributed by atoms with Crippen LogP contribution in [0.1, 0.15) is 6.92 Å².